The Morgan fingerprint density at radius 3 is 2.62 bits per heavy atom. The minimum absolute atomic E-state index is 0.378. The van der Waals surface area contributed by atoms with Gasteiger partial charge in [0.2, 0.25) is 0 Å². The molecule has 2 rings (SSSR count). The van der Waals surface area contributed by atoms with Gasteiger partial charge < -0.3 is 15.8 Å². The van der Waals surface area contributed by atoms with Crippen LogP contribution in [0.2, 0.25) is 0 Å². The van der Waals surface area contributed by atoms with Gasteiger partial charge in [0.15, 0.2) is 0 Å². The number of hydrogen-bond acceptors (Lipinski definition) is 5. The van der Waals surface area contributed by atoms with Crippen LogP contribution >= 0.6 is 0 Å². The number of alkyl carbamates (subject to hydrolysis) is 1. The van der Waals surface area contributed by atoms with Crippen LogP contribution < -0.4 is 11.1 Å². The summed E-state index contributed by atoms with van der Waals surface area (Å²) in [6, 6.07) is 7.47. The number of benzene rings is 1. The molecule has 0 saturated carbocycles. The molecule has 1 heterocycles. The van der Waals surface area contributed by atoms with E-state index in [-0.39, 0.29) is 6.09 Å². The molecule has 24 heavy (non-hydrogen) atoms. The molecule has 1 aromatic carbocycles. The molecule has 0 bridgehead atoms. The SMILES string of the molecule is CC(C)(C)OC(=O)NCCCCc1cn(-c2ccc(N)cc2)nn1. The van der Waals surface area contributed by atoms with Crippen LogP contribution in [-0.2, 0) is 11.2 Å². The molecule has 0 fully saturated rings. The highest BCUT2D eigenvalue weighted by Crippen LogP contribution is 2.11. The minimum atomic E-state index is -0.468. The van der Waals surface area contributed by atoms with Gasteiger partial charge in [0.1, 0.15) is 5.60 Å². The van der Waals surface area contributed by atoms with E-state index in [0.717, 1.165) is 36.3 Å². The number of aromatic nitrogens is 3. The number of carbonyl (C=O) groups excluding carboxylic acids is 1. The zero-order valence-corrected chi connectivity index (χ0v) is 14.5. The molecule has 2 aromatic rings. The number of amides is 1. The summed E-state index contributed by atoms with van der Waals surface area (Å²) >= 11 is 0. The fraction of sp³-hybridized carbons (Fsp3) is 0.471. The van der Waals surface area contributed by atoms with Gasteiger partial charge in [0, 0.05) is 12.2 Å². The van der Waals surface area contributed by atoms with Crippen LogP contribution in [0.1, 0.15) is 39.3 Å². The fourth-order valence-corrected chi connectivity index (χ4v) is 2.10. The van der Waals surface area contributed by atoms with Crippen molar-refractivity contribution in [1.29, 1.82) is 0 Å². The van der Waals surface area contributed by atoms with E-state index in [1.807, 2.05) is 51.2 Å². The summed E-state index contributed by atoms with van der Waals surface area (Å²) in [5.41, 5.74) is 7.77. The van der Waals surface area contributed by atoms with Crippen LogP contribution in [-0.4, -0.2) is 33.2 Å². The van der Waals surface area contributed by atoms with Gasteiger partial charge in [-0.1, -0.05) is 5.21 Å². The normalized spacial score (nSPS) is 11.3. The maximum absolute atomic E-state index is 11.5. The zero-order chi connectivity index (χ0) is 17.6. The Labute approximate surface area is 142 Å². The molecular weight excluding hydrogens is 306 g/mol. The molecule has 0 radical (unpaired) electrons. The summed E-state index contributed by atoms with van der Waals surface area (Å²) < 4.78 is 6.91. The highest BCUT2D eigenvalue weighted by atomic mass is 16.6. The van der Waals surface area contributed by atoms with Crippen LogP contribution in [0.3, 0.4) is 0 Å². The molecular formula is C17H25N5O2. The summed E-state index contributed by atoms with van der Waals surface area (Å²) in [5.74, 6) is 0. The molecule has 0 aliphatic heterocycles. The lowest BCUT2D eigenvalue weighted by molar-refractivity contribution is 0.0527. The average molecular weight is 331 g/mol. The number of nitrogen functional groups attached to an aromatic ring is 1. The molecule has 1 aromatic heterocycles. The highest BCUT2D eigenvalue weighted by Gasteiger charge is 2.15. The maximum Gasteiger partial charge on any atom is 0.407 e. The topological polar surface area (TPSA) is 95.1 Å². The van der Waals surface area contributed by atoms with Crippen molar-refractivity contribution in [2.75, 3.05) is 12.3 Å². The van der Waals surface area contributed by atoms with Gasteiger partial charge in [-0.25, -0.2) is 9.48 Å². The zero-order valence-electron chi connectivity index (χ0n) is 14.5. The van der Waals surface area contributed by atoms with Crippen molar-refractivity contribution in [3.63, 3.8) is 0 Å². The molecule has 3 N–H and O–H groups in total. The first kappa shape index (κ1) is 17.8. The van der Waals surface area contributed by atoms with Gasteiger partial charge >= 0.3 is 6.09 Å². The quantitative estimate of drug-likeness (QED) is 0.627. The van der Waals surface area contributed by atoms with Crippen LogP contribution in [0.4, 0.5) is 10.5 Å². The third-order valence-corrected chi connectivity index (χ3v) is 3.23. The number of rotatable bonds is 6. The van der Waals surface area contributed by atoms with Crippen LogP contribution in [0.15, 0.2) is 30.5 Å². The Balaban J connectivity index is 1.70. The van der Waals surface area contributed by atoms with E-state index in [1.165, 1.54) is 0 Å². The fourth-order valence-electron chi connectivity index (χ4n) is 2.10. The summed E-state index contributed by atoms with van der Waals surface area (Å²) in [4.78, 5) is 11.5. The van der Waals surface area contributed by atoms with Gasteiger partial charge in [-0.15, -0.1) is 5.10 Å². The number of aryl methyl sites for hydroxylation is 1. The summed E-state index contributed by atoms with van der Waals surface area (Å²) in [6.45, 7) is 6.12. The van der Waals surface area contributed by atoms with Gasteiger partial charge in [-0.05, 0) is 64.3 Å². The van der Waals surface area contributed by atoms with Crippen molar-refractivity contribution in [1.82, 2.24) is 20.3 Å². The van der Waals surface area contributed by atoms with E-state index in [2.05, 4.69) is 15.6 Å². The van der Waals surface area contributed by atoms with Crippen molar-refractivity contribution >= 4 is 11.8 Å². The first-order chi connectivity index (χ1) is 11.3. The molecule has 0 aliphatic rings. The van der Waals surface area contributed by atoms with E-state index in [4.69, 9.17) is 10.5 Å². The lowest BCUT2D eigenvalue weighted by Gasteiger charge is -2.19. The summed E-state index contributed by atoms with van der Waals surface area (Å²) in [5, 5.41) is 11.0. The predicted molar refractivity (Wildman–Crippen MR) is 92.9 cm³/mol. The van der Waals surface area contributed by atoms with E-state index in [9.17, 15) is 4.79 Å². The number of nitrogens with zero attached hydrogens (tertiary/aromatic N) is 3. The number of hydrogen-bond donors (Lipinski definition) is 2. The third kappa shape index (κ3) is 5.91. The lowest BCUT2D eigenvalue weighted by Crippen LogP contribution is -2.33. The third-order valence-electron chi connectivity index (χ3n) is 3.23. The molecule has 130 valence electrons. The second-order valence-corrected chi connectivity index (χ2v) is 6.63. The number of nitrogens with one attached hydrogen (secondary N) is 1. The van der Waals surface area contributed by atoms with Crippen molar-refractivity contribution < 1.29 is 9.53 Å². The molecule has 1 amide bonds. The standard InChI is InChI=1S/C17H25N5O2/c1-17(2,3)24-16(23)19-11-5-4-6-14-12-22(21-20-14)15-9-7-13(18)8-10-15/h7-10,12H,4-6,11,18H2,1-3H3,(H,19,23). The number of carbonyl (C=O) groups is 1. The van der Waals surface area contributed by atoms with Crippen molar-refractivity contribution in [2.45, 2.75) is 45.6 Å². The Morgan fingerprint density at radius 1 is 1.25 bits per heavy atom. The number of nitrogens with two attached hydrogens (primary N) is 1. The van der Waals surface area contributed by atoms with E-state index >= 15 is 0 Å². The first-order valence-corrected chi connectivity index (χ1v) is 8.07. The lowest BCUT2D eigenvalue weighted by atomic mass is 10.2. The Hall–Kier alpha value is -2.57. The summed E-state index contributed by atoms with van der Waals surface area (Å²) in [7, 11) is 0. The monoisotopic (exact) mass is 331 g/mol. The predicted octanol–water partition coefficient (Wildman–Crippen LogP) is 2.70. The van der Waals surface area contributed by atoms with Gasteiger partial charge in [0.05, 0.1) is 17.6 Å². The number of anilines is 1. The van der Waals surface area contributed by atoms with E-state index < -0.39 is 5.60 Å². The van der Waals surface area contributed by atoms with Crippen LogP contribution in [0.25, 0.3) is 5.69 Å². The van der Waals surface area contributed by atoms with Crippen molar-refractivity contribution in [2.24, 2.45) is 0 Å². The second kappa shape index (κ2) is 7.81. The van der Waals surface area contributed by atoms with Crippen molar-refractivity contribution in [3.05, 3.63) is 36.2 Å². The minimum Gasteiger partial charge on any atom is -0.444 e. The smallest absolute Gasteiger partial charge is 0.407 e. The number of unbranched alkanes of at least 4 members (excludes halogenated alkanes) is 1. The molecule has 0 unspecified atom stereocenters. The Bertz CT molecular complexity index is 658. The van der Waals surface area contributed by atoms with Crippen LogP contribution in [0.5, 0.6) is 0 Å². The number of ether oxygens (including phenoxy) is 1. The van der Waals surface area contributed by atoms with Gasteiger partial charge in [-0.3, -0.25) is 0 Å². The summed E-state index contributed by atoms with van der Waals surface area (Å²) in [6.07, 6.45) is 4.11. The maximum atomic E-state index is 11.5. The second-order valence-electron chi connectivity index (χ2n) is 6.63. The average Bonchev–Trinajstić information content (AvgIpc) is 2.94. The van der Waals surface area contributed by atoms with Gasteiger partial charge in [-0.2, -0.15) is 0 Å². The largest absolute Gasteiger partial charge is 0.444 e. The molecule has 0 spiro atoms. The molecule has 0 atom stereocenters. The van der Waals surface area contributed by atoms with E-state index in [1.54, 1.807) is 4.68 Å². The van der Waals surface area contributed by atoms with Crippen molar-refractivity contribution in [3.8, 4) is 5.69 Å². The Morgan fingerprint density at radius 2 is 1.96 bits per heavy atom. The Kier molecular flexibility index (Phi) is 5.78. The molecule has 7 heteroatoms. The molecule has 7 nitrogen and oxygen atoms in total. The van der Waals surface area contributed by atoms with Gasteiger partial charge in [0.25, 0.3) is 0 Å². The molecule has 0 saturated heterocycles. The first-order valence-electron chi connectivity index (χ1n) is 8.07. The highest BCUT2D eigenvalue weighted by molar-refractivity contribution is 5.67. The molecule has 0 aliphatic carbocycles. The van der Waals surface area contributed by atoms with Crippen LogP contribution in [0, 0.1) is 0 Å². The van der Waals surface area contributed by atoms with E-state index in [0.29, 0.717) is 6.54 Å².